The summed E-state index contributed by atoms with van der Waals surface area (Å²) in [6, 6.07) is 12.7. The minimum atomic E-state index is -4.94. The monoisotopic (exact) mass is 348 g/mol. The van der Waals surface area contributed by atoms with Crippen LogP contribution >= 0.6 is 0 Å². The zero-order valence-electron chi connectivity index (χ0n) is 12.6. The van der Waals surface area contributed by atoms with Crippen molar-refractivity contribution >= 4 is 5.91 Å². The molecule has 0 atom stereocenters. The molecule has 0 fully saturated rings. The maximum atomic E-state index is 13.0. The second-order valence-corrected chi connectivity index (χ2v) is 4.93. The van der Waals surface area contributed by atoms with Crippen LogP contribution in [0.4, 0.5) is 13.2 Å². The first-order valence-electron chi connectivity index (χ1n) is 7.01. The summed E-state index contributed by atoms with van der Waals surface area (Å²) in [6.45, 7) is 0. The van der Waals surface area contributed by atoms with Crippen molar-refractivity contribution in [2.24, 2.45) is 5.73 Å². The van der Waals surface area contributed by atoms with Crippen LogP contribution < -0.4 is 10.5 Å². The van der Waals surface area contributed by atoms with Gasteiger partial charge in [-0.15, -0.1) is 13.2 Å². The molecule has 0 aliphatic heterocycles. The van der Waals surface area contributed by atoms with E-state index in [1.165, 1.54) is 18.2 Å². The van der Waals surface area contributed by atoms with Crippen LogP contribution in [0.1, 0.15) is 10.6 Å². The van der Waals surface area contributed by atoms with Crippen molar-refractivity contribution < 1.29 is 22.7 Å². The Hall–Kier alpha value is -3.36. The highest BCUT2D eigenvalue weighted by molar-refractivity contribution is 5.90. The summed E-state index contributed by atoms with van der Waals surface area (Å²) in [5, 5.41) is 3.79. The molecule has 25 heavy (non-hydrogen) atoms. The number of carbonyl (C=O) groups excluding carboxylic acids is 1. The Bertz CT molecular complexity index is 907. The molecule has 0 aliphatic rings. The minimum Gasteiger partial charge on any atom is -0.403 e. The molecular formula is C16H11F3N4O2. The number of primary amides is 1. The fourth-order valence-electron chi connectivity index (χ4n) is 2.35. The third-order valence-corrected chi connectivity index (χ3v) is 3.29. The minimum absolute atomic E-state index is 0.107. The number of alkyl halides is 3. The summed E-state index contributed by atoms with van der Waals surface area (Å²) in [4.78, 5) is 15.1. The lowest BCUT2D eigenvalue weighted by Crippen LogP contribution is -2.21. The van der Waals surface area contributed by atoms with Crippen molar-refractivity contribution in [3.8, 4) is 22.6 Å². The molecule has 0 saturated heterocycles. The molecule has 128 valence electrons. The largest absolute Gasteiger partial charge is 0.573 e. The van der Waals surface area contributed by atoms with Crippen molar-refractivity contribution in [3.63, 3.8) is 0 Å². The third-order valence-electron chi connectivity index (χ3n) is 3.29. The number of rotatable bonds is 4. The van der Waals surface area contributed by atoms with Gasteiger partial charge in [-0.25, -0.2) is 9.67 Å². The first kappa shape index (κ1) is 16.5. The van der Waals surface area contributed by atoms with Crippen molar-refractivity contribution in [1.82, 2.24) is 14.8 Å². The van der Waals surface area contributed by atoms with E-state index in [0.29, 0.717) is 5.56 Å². The number of ether oxygens (including phenoxy) is 1. The lowest BCUT2D eigenvalue weighted by atomic mass is 10.0. The first-order chi connectivity index (χ1) is 11.9. The average molecular weight is 348 g/mol. The molecule has 1 amide bonds. The third kappa shape index (κ3) is 3.44. The lowest BCUT2D eigenvalue weighted by molar-refractivity contribution is -0.274. The predicted molar refractivity (Wildman–Crippen MR) is 82.0 cm³/mol. The van der Waals surface area contributed by atoms with Gasteiger partial charge in [-0.05, 0) is 11.6 Å². The Labute approximate surface area is 139 Å². The van der Waals surface area contributed by atoms with Crippen molar-refractivity contribution in [2.45, 2.75) is 6.36 Å². The van der Waals surface area contributed by atoms with E-state index in [4.69, 9.17) is 5.73 Å². The molecular weight excluding hydrogens is 337 g/mol. The fourth-order valence-corrected chi connectivity index (χ4v) is 2.35. The fraction of sp³-hybridized carbons (Fsp3) is 0.0625. The molecule has 9 heteroatoms. The van der Waals surface area contributed by atoms with E-state index < -0.39 is 18.0 Å². The maximum Gasteiger partial charge on any atom is 0.573 e. The molecule has 0 unspecified atom stereocenters. The summed E-state index contributed by atoms with van der Waals surface area (Å²) in [7, 11) is 0. The van der Waals surface area contributed by atoms with Gasteiger partial charge in [-0.3, -0.25) is 4.79 Å². The van der Waals surface area contributed by atoms with Gasteiger partial charge in [0, 0.05) is 5.56 Å². The van der Waals surface area contributed by atoms with Crippen LogP contribution in [-0.4, -0.2) is 27.0 Å². The summed E-state index contributed by atoms with van der Waals surface area (Å²) in [5.74, 6) is -1.74. The molecule has 0 bridgehead atoms. The van der Waals surface area contributed by atoms with Gasteiger partial charge in [0.25, 0.3) is 5.91 Å². The van der Waals surface area contributed by atoms with Gasteiger partial charge >= 0.3 is 6.36 Å². The normalized spacial score (nSPS) is 11.3. The lowest BCUT2D eigenvalue weighted by Gasteiger charge is -2.17. The number of halogens is 3. The van der Waals surface area contributed by atoms with Gasteiger partial charge in [0.1, 0.15) is 12.0 Å². The predicted octanol–water partition coefficient (Wildman–Crippen LogP) is 2.93. The summed E-state index contributed by atoms with van der Waals surface area (Å²) >= 11 is 0. The summed E-state index contributed by atoms with van der Waals surface area (Å²) in [6.07, 6.45) is -3.92. The molecule has 1 heterocycles. The highest BCUT2D eigenvalue weighted by atomic mass is 19.4. The van der Waals surface area contributed by atoms with Gasteiger partial charge in [0.2, 0.25) is 5.82 Å². The second kappa shape index (κ2) is 6.27. The number of nitrogens with zero attached hydrogens (tertiary/aromatic N) is 3. The molecule has 6 nitrogen and oxygen atoms in total. The molecule has 3 rings (SSSR count). The molecule has 0 aliphatic carbocycles. The highest BCUT2D eigenvalue weighted by Crippen LogP contribution is 2.38. The van der Waals surface area contributed by atoms with Crippen LogP contribution in [0, 0.1) is 0 Å². The van der Waals surface area contributed by atoms with Crippen LogP contribution in [0.2, 0.25) is 0 Å². The smallest absolute Gasteiger partial charge is 0.403 e. The van der Waals surface area contributed by atoms with E-state index in [2.05, 4.69) is 14.8 Å². The van der Waals surface area contributed by atoms with Crippen LogP contribution in [-0.2, 0) is 0 Å². The van der Waals surface area contributed by atoms with Gasteiger partial charge in [0.15, 0.2) is 5.75 Å². The Morgan fingerprint density at radius 1 is 1.08 bits per heavy atom. The van der Waals surface area contributed by atoms with Crippen molar-refractivity contribution in [3.05, 3.63) is 60.7 Å². The SMILES string of the molecule is NC(=O)c1ncnn1-c1cccc(-c2ccccc2)c1OC(F)(F)F. The van der Waals surface area contributed by atoms with Gasteiger partial charge in [-0.2, -0.15) is 5.10 Å². The Kier molecular flexibility index (Phi) is 4.14. The average Bonchev–Trinajstić information content (AvgIpc) is 3.04. The molecule has 2 aromatic carbocycles. The van der Waals surface area contributed by atoms with Crippen LogP contribution in [0.15, 0.2) is 54.9 Å². The standard InChI is InChI=1S/C16H11F3N4O2/c17-16(18,19)25-13-11(10-5-2-1-3-6-10)7-4-8-12(13)23-15(14(20)24)21-9-22-23/h1-9H,(H2,20,24). The van der Waals surface area contributed by atoms with Crippen LogP contribution in [0.25, 0.3) is 16.8 Å². The number of nitrogens with two attached hydrogens (primary N) is 1. The van der Waals surface area contributed by atoms with E-state index in [9.17, 15) is 18.0 Å². The highest BCUT2D eigenvalue weighted by Gasteiger charge is 2.34. The van der Waals surface area contributed by atoms with E-state index >= 15 is 0 Å². The molecule has 3 aromatic rings. The topological polar surface area (TPSA) is 83.0 Å². The van der Waals surface area contributed by atoms with Gasteiger partial charge < -0.3 is 10.5 Å². The van der Waals surface area contributed by atoms with E-state index in [1.54, 1.807) is 30.3 Å². The first-order valence-corrected chi connectivity index (χ1v) is 7.01. The van der Waals surface area contributed by atoms with E-state index in [1.807, 2.05) is 0 Å². The summed E-state index contributed by atoms with van der Waals surface area (Å²) < 4.78 is 44.0. The molecule has 0 radical (unpaired) electrons. The Morgan fingerprint density at radius 2 is 1.80 bits per heavy atom. The van der Waals surface area contributed by atoms with E-state index in [-0.39, 0.29) is 17.1 Å². The Balaban J connectivity index is 2.25. The molecule has 1 aromatic heterocycles. The molecule has 2 N–H and O–H groups in total. The quantitative estimate of drug-likeness (QED) is 0.786. The number of amides is 1. The van der Waals surface area contributed by atoms with Crippen molar-refractivity contribution in [1.29, 1.82) is 0 Å². The number of aromatic nitrogens is 3. The number of carbonyl (C=O) groups is 1. The number of hydrogen-bond acceptors (Lipinski definition) is 4. The van der Waals surface area contributed by atoms with Crippen LogP contribution in [0.5, 0.6) is 5.75 Å². The second-order valence-electron chi connectivity index (χ2n) is 4.93. The number of benzene rings is 2. The van der Waals surface area contributed by atoms with Crippen LogP contribution in [0.3, 0.4) is 0 Å². The summed E-state index contributed by atoms with van der Waals surface area (Å²) in [5.41, 5.74) is 5.78. The zero-order chi connectivity index (χ0) is 18.0. The van der Waals surface area contributed by atoms with Crippen molar-refractivity contribution in [2.75, 3.05) is 0 Å². The number of hydrogen-bond donors (Lipinski definition) is 1. The Morgan fingerprint density at radius 3 is 2.44 bits per heavy atom. The maximum absolute atomic E-state index is 13.0. The van der Waals surface area contributed by atoms with E-state index in [0.717, 1.165) is 11.0 Å². The molecule has 0 saturated carbocycles. The van der Waals surface area contributed by atoms with Gasteiger partial charge in [-0.1, -0.05) is 42.5 Å². The van der Waals surface area contributed by atoms with Gasteiger partial charge in [0.05, 0.1) is 0 Å². The molecule has 0 spiro atoms. The zero-order valence-corrected chi connectivity index (χ0v) is 12.6. The number of para-hydroxylation sites is 1.